The Morgan fingerprint density at radius 1 is 1.44 bits per heavy atom. The molecular weight excluding hydrogens is 294 g/mol. The predicted octanol–water partition coefficient (Wildman–Crippen LogP) is 1.97. The first kappa shape index (κ1) is 13.5. The van der Waals surface area contributed by atoms with E-state index >= 15 is 0 Å². The van der Waals surface area contributed by atoms with Gasteiger partial charge in [-0.1, -0.05) is 0 Å². The van der Waals surface area contributed by atoms with Gasteiger partial charge in [-0.25, -0.2) is 9.97 Å². The Kier molecular flexibility index (Phi) is 4.77. The molecule has 18 heavy (non-hydrogen) atoms. The lowest BCUT2D eigenvalue weighted by atomic mass is 9.94. The highest BCUT2D eigenvalue weighted by Crippen LogP contribution is 2.25. The molecule has 0 aliphatic carbocycles. The standard InChI is InChI=1S/C12H20BrN5/c1-18-6-3-9(4-7-18)2-5-15-12-10(13)11(14)16-8-17-12/h8-9H,2-7H2,1H3,(H3,14,15,16,17). The van der Waals surface area contributed by atoms with Crippen LogP contribution in [0.25, 0.3) is 0 Å². The number of hydrogen-bond donors (Lipinski definition) is 2. The van der Waals surface area contributed by atoms with E-state index < -0.39 is 0 Å². The zero-order chi connectivity index (χ0) is 13.0. The van der Waals surface area contributed by atoms with E-state index in [0.717, 1.165) is 22.8 Å². The molecule has 6 heteroatoms. The van der Waals surface area contributed by atoms with Gasteiger partial charge in [-0.05, 0) is 61.2 Å². The highest BCUT2D eigenvalue weighted by molar-refractivity contribution is 9.10. The first-order valence-corrected chi connectivity index (χ1v) is 7.14. The van der Waals surface area contributed by atoms with Crippen LogP contribution < -0.4 is 11.1 Å². The van der Waals surface area contributed by atoms with E-state index in [1.165, 1.54) is 38.7 Å². The van der Waals surface area contributed by atoms with Crippen molar-refractivity contribution in [3.8, 4) is 0 Å². The van der Waals surface area contributed by atoms with Crippen LogP contribution in [-0.4, -0.2) is 41.5 Å². The lowest BCUT2D eigenvalue weighted by Crippen LogP contribution is -2.30. The molecule has 1 aromatic rings. The zero-order valence-electron chi connectivity index (χ0n) is 10.7. The maximum Gasteiger partial charge on any atom is 0.145 e. The smallest absolute Gasteiger partial charge is 0.145 e. The molecule has 5 nitrogen and oxygen atoms in total. The van der Waals surface area contributed by atoms with Crippen LogP contribution in [0.3, 0.4) is 0 Å². The van der Waals surface area contributed by atoms with Gasteiger partial charge in [-0.2, -0.15) is 0 Å². The minimum Gasteiger partial charge on any atom is -0.383 e. The third-order valence-electron chi connectivity index (χ3n) is 3.50. The van der Waals surface area contributed by atoms with Crippen molar-refractivity contribution >= 4 is 27.6 Å². The van der Waals surface area contributed by atoms with Crippen molar-refractivity contribution in [2.75, 3.05) is 37.7 Å². The van der Waals surface area contributed by atoms with Gasteiger partial charge >= 0.3 is 0 Å². The molecule has 0 radical (unpaired) electrons. The molecule has 0 aromatic carbocycles. The van der Waals surface area contributed by atoms with Crippen LogP contribution in [0.4, 0.5) is 11.6 Å². The summed E-state index contributed by atoms with van der Waals surface area (Å²) in [5.41, 5.74) is 5.71. The van der Waals surface area contributed by atoms with E-state index in [4.69, 9.17) is 5.73 Å². The highest BCUT2D eigenvalue weighted by atomic mass is 79.9. The minimum absolute atomic E-state index is 0.479. The summed E-state index contributed by atoms with van der Waals surface area (Å²) in [6.45, 7) is 3.37. The monoisotopic (exact) mass is 313 g/mol. The lowest BCUT2D eigenvalue weighted by molar-refractivity contribution is 0.215. The van der Waals surface area contributed by atoms with E-state index in [-0.39, 0.29) is 0 Å². The molecule has 100 valence electrons. The number of likely N-dealkylation sites (tertiary alicyclic amines) is 1. The molecule has 2 heterocycles. The Bertz CT molecular complexity index is 390. The van der Waals surface area contributed by atoms with Crippen LogP contribution >= 0.6 is 15.9 Å². The van der Waals surface area contributed by atoms with Crippen molar-refractivity contribution in [3.05, 3.63) is 10.8 Å². The van der Waals surface area contributed by atoms with Crippen molar-refractivity contribution in [1.82, 2.24) is 14.9 Å². The van der Waals surface area contributed by atoms with Gasteiger partial charge in [0.1, 0.15) is 22.4 Å². The molecule has 1 saturated heterocycles. The second kappa shape index (κ2) is 6.33. The van der Waals surface area contributed by atoms with Crippen molar-refractivity contribution < 1.29 is 0 Å². The van der Waals surface area contributed by atoms with Gasteiger partial charge in [0.15, 0.2) is 0 Å². The van der Waals surface area contributed by atoms with Crippen LogP contribution in [0, 0.1) is 5.92 Å². The Labute approximate surface area is 116 Å². The number of nitrogen functional groups attached to an aromatic ring is 1. The first-order chi connectivity index (χ1) is 8.66. The molecule has 0 atom stereocenters. The number of aromatic nitrogens is 2. The predicted molar refractivity (Wildman–Crippen MR) is 77.5 cm³/mol. The average molecular weight is 314 g/mol. The van der Waals surface area contributed by atoms with E-state index in [0.29, 0.717) is 5.82 Å². The maximum absolute atomic E-state index is 5.71. The number of rotatable bonds is 4. The van der Waals surface area contributed by atoms with Gasteiger partial charge in [-0.3, -0.25) is 0 Å². The molecule has 1 aliphatic heterocycles. The fraction of sp³-hybridized carbons (Fsp3) is 0.667. The lowest BCUT2D eigenvalue weighted by Gasteiger charge is -2.28. The minimum atomic E-state index is 0.479. The fourth-order valence-corrected chi connectivity index (χ4v) is 2.60. The molecule has 0 amide bonds. The topological polar surface area (TPSA) is 67.1 Å². The number of nitrogens with zero attached hydrogens (tertiary/aromatic N) is 3. The van der Waals surface area contributed by atoms with Gasteiger partial charge in [-0.15, -0.1) is 0 Å². The number of nitrogens with two attached hydrogens (primary N) is 1. The van der Waals surface area contributed by atoms with Crippen molar-refractivity contribution in [1.29, 1.82) is 0 Å². The van der Waals surface area contributed by atoms with Crippen LogP contribution in [0.15, 0.2) is 10.8 Å². The van der Waals surface area contributed by atoms with Crippen LogP contribution in [-0.2, 0) is 0 Å². The summed E-state index contributed by atoms with van der Waals surface area (Å²) in [4.78, 5) is 10.5. The van der Waals surface area contributed by atoms with Gasteiger partial charge in [0.05, 0.1) is 0 Å². The van der Waals surface area contributed by atoms with Crippen LogP contribution in [0.2, 0.25) is 0 Å². The largest absolute Gasteiger partial charge is 0.383 e. The molecule has 3 N–H and O–H groups in total. The van der Waals surface area contributed by atoms with Crippen molar-refractivity contribution in [2.24, 2.45) is 5.92 Å². The summed E-state index contributed by atoms with van der Waals surface area (Å²) in [7, 11) is 2.19. The summed E-state index contributed by atoms with van der Waals surface area (Å²) in [6.07, 6.45) is 5.26. The van der Waals surface area contributed by atoms with Crippen LogP contribution in [0.5, 0.6) is 0 Å². The van der Waals surface area contributed by atoms with Gasteiger partial charge in [0.25, 0.3) is 0 Å². The first-order valence-electron chi connectivity index (χ1n) is 6.35. The molecule has 1 fully saturated rings. The van der Waals surface area contributed by atoms with E-state index in [2.05, 4.69) is 43.2 Å². The zero-order valence-corrected chi connectivity index (χ0v) is 12.3. The summed E-state index contributed by atoms with van der Waals surface area (Å²) >= 11 is 3.40. The van der Waals surface area contributed by atoms with E-state index in [1.807, 2.05) is 0 Å². The number of halogens is 1. The molecule has 0 unspecified atom stereocenters. The van der Waals surface area contributed by atoms with E-state index in [1.54, 1.807) is 0 Å². The van der Waals surface area contributed by atoms with Gasteiger partial charge in [0.2, 0.25) is 0 Å². The number of piperidine rings is 1. The summed E-state index contributed by atoms with van der Waals surface area (Å²) in [5.74, 6) is 2.09. The molecule has 1 aromatic heterocycles. The number of nitrogens with one attached hydrogen (secondary N) is 1. The van der Waals surface area contributed by atoms with Crippen molar-refractivity contribution in [2.45, 2.75) is 19.3 Å². The second-order valence-electron chi connectivity index (χ2n) is 4.88. The Morgan fingerprint density at radius 2 is 2.17 bits per heavy atom. The fourth-order valence-electron chi connectivity index (χ4n) is 2.25. The summed E-state index contributed by atoms with van der Waals surface area (Å²) in [6, 6.07) is 0. The Hall–Kier alpha value is -0.880. The normalized spacial score (nSPS) is 17.9. The van der Waals surface area contributed by atoms with Crippen LogP contribution in [0.1, 0.15) is 19.3 Å². The number of anilines is 2. The molecule has 0 spiro atoms. The SMILES string of the molecule is CN1CCC(CCNc2ncnc(N)c2Br)CC1. The third kappa shape index (κ3) is 3.55. The summed E-state index contributed by atoms with van der Waals surface area (Å²) < 4.78 is 0.758. The van der Waals surface area contributed by atoms with Gasteiger partial charge < -0.3 is 16.0 Å². The molecular formula is C12H20BrN5. The summed E-state index contributed by atoms with van der Waals surface area (Å²) in [5, 5.41) is 3.32. The molecule has 2 rings (SSSR count). The molecule has 0 bridgehead atoms. The van der Waals surface area contributed by atoms with Crippen molar-refractivity contribution in [3.63, 3.8) is 0 Å². The molecule has 0 saturated carbocycles. The number of hydrogen-bond acceptors (Lipinski definition) is 5. The second-order valence-corrected chi connectivity index (χ2v) is 5.68. The third-order valence-corrected chi connectivity index (χ3v) is 4.28. The highest BCUT2D eigenvalue weighted by Gasteiger charge is 2.16. The quantitative estimate of drug-likeness (QED) is 0.889. The average Bonchev–Trinajstić information content (AvgIpc) is 2.37. The Balaban J connectivity index is 1.77. The van der Waals surface area contributed by atoms with E-state index in [9.17, 15) is 0 Å². The Morgan fingerprint density at radius 3 is 2.89 bits per heavy atom. The van der Waals surface area contributed by atoms with Gasteiger partial charge in [0, 0.05) is 6.54 Å². The molecule has 1 aliphatic rings. The maximum atomic E-state index is 5.71.